The van der Waals surface area contributed by atoms with Crippen molar-refractivity contribution in [1.29, 1.82) is 0 Å². The van der Waals surface area contributed by atoms with Crippen molar-refractivity contribution in [1.82, 2.24) is 5.32 Å². The maximum Gasteiger partial charge on any atom is 0.222 e. The van der Waals surface area contributed by atoms with Crippen molar-refractivity contribution >= 4 is 11.6 Å². The van der Waals surface area contributed by atoms with Gasteiger partial charge in [-0.25, -0.2) is 0 Å². The van der Waals surface area contributed by atoms with Crippen LogP contribution in [0.15, 0.2) is 18.2 Å². The van der Waals surface area contributed by atoms with E-state index in [1.165, 1.54) is 23.2 Å². The lowest BCUT2D eigenvalue weighted by atomic mass is 9.97. The minimum absolute atomic E-state index is 0.0488. The average molecular weight is 232 g/mol. The standard InChI is InChI=1S/C14H20N2O/c1-10(2)14(17)16-9-11-5-3-7-13-12(11)6-4-8-15-13/h3,5,7,10,15H,4,6,8-9H2,1-2H3,(H,16,17). The second-order valence-corrected chi connectivity index (χ2v) is 4.85. The maximum atomic E-state index is 11.6. The summed E-state index contributed by atoms with van der Waals surface area (Å²) in [5.74, 6) is 0.166. The normalized spacial score (nSPS) is 14.1. The van der Waals surface area contributed by atoms with Crippen LogP contribution in [-0.4, -0.2) is 12.5 Å². The van der Waals surface area contributed by atoms with Crippen molar-refractivity contribution < 1.29 is 4.79 Å². The summed E-state index contributed by atoms with van der Waals surface area (Å²) in [6, 6.07) is 6.27. The van der Waals surface area contributed by atoms with E-state index in [0.717, 1.165) is 13.0 Å². The molecule has 2 N–H and O–H groups in total. The molecule has 2 rings (SSSR count). The largest absolute Gasteiger partial charge is 0.385 e. The van der Waals surface area contributed by atoms with Crippen LogP contribution < -0.4 is 10.6 Å². The fourth-order valence-corrected chi connectivity index (χ4v) is 2.14. The quantitative estimate of drug-likeness (QED) is 0.839. The fourth-order valence-electron chi connectivity index (χ4n) is 2.14. The van der Waals surface area contributed by atoms with E-state index in [1.54, 1.807) is 0 Å². The smallest absolute Gasteiger partial charge is 0.222 e. The van der Waals surface area contributed by atoms with Crippen molar-refractivity contribution in [3.8, 4) is 0 Å². The molecule has 0 spiro atoms. The molecular weight excluding hydrogens is 212 g/mol. The SMILES string of the molecule is CC(C)C(=O)NCc1cccc2c1CCCN2. The monoisotopic (exact) mass is 232 g/mol. The zero-order chi connectivity index (χ0) is 12.3. The molecule has 0 unspecified atom stereocenters. The first-order valence-electron chi connectivity index (χ1n) is 6.31. The molecule has 17 heavy (non-hydrogen) atoms. The van der Waals surface area contributed by atoms with Gasteiger partial charge in [-0.15, -0.1) is 0 Å². The number of anilines is 1. The molecule has 0 saturated carbocycles. The van der Waals surface area contributed by atoms with Gasteiger partial charge in [0.1, 0.15) is 0 Å². The Kier molecular flexibility index (Phi) is 3.67. The van der Waals surface area contributed by atoms with E-state index in [4.69, 9.17) is 0 Å². The Morgan fingerprint density at radius 1 is 1.47 bits per heavy atom. The minimum Gasteiger partial charge on any atom is -0.385 e. The molecule has 3 nitrogen and oxygen atoms in total. The van der Waals surface area contributed by atoms with Crippen LogP contribution in [0.4, 0.5) is 5.69 Å². The van der Waals surface area contributed by atoms with Crippen molar-refractivity contribution in [2.75, 3.05) is 11.9 Å². The third kappa shape index (κ3) is 2.78. The molecule has 1 aliphatic heterocycles. The van der Waals surface area contributed by atoms with Gasteiger partial charge in [-0.3, -0.25) is 4.79 Å². The summed E-state index contributed by atoms with van der Waals surface area (Å²) in [6.45, 7) is 5.52. The summed E-state index contributed by atoms with van der Waals surface area (Å²) in [6.07, 6.45) is 2.28. The van der Waals surface area contributed by atoms with Crippen LogP contribution in [0.1, 0.15) is 31.4 Å². The van der Waals surface area contributed by atoms with E-state index in [9.17, 15) is 4.79 Å². The highest BCUT2D eigenvalue weighted by Crippen LogP contribution is 2.25. The Bertz CT molecular complexity index is 413. The summed E-state index contributed by atoms with van der Waals surface area (Å²) >= 11 is 0. The van der Waals surface area contributed by atoms with Crippen molar-refractivity contribution in [2.45, 2.75) is 33.2 Å². The fraction of sp³-hybridized carbons (Fsp3) is 0.500. The number of rotatable bonds is 3. The average Bonchev–Trinajstić information content (AvgIpc) is 2.35. The van der Waals surface area contributed by atoms with Crippen LogP contribution in [0, 0.1) is 5.92 Å². The summed E-state index contributed by atoms with van der Waals surface area (Å²) in [7, 11) is 0. The van der Waals surface area contributed by atoms with E-state index < -0.39 is 0 Å². The lowest BCUT2D eigenvalue weighted by molar-refractivity contribution is -0.124. The number of hydrogen-bond acceptors (Lipinski definition) is 2. The minimum atomic E-state index is 0.0488. The second-order valence-electron chi connectivity index (χ2n) is 4.85. The molecule has 0 radical (unpaired) electrons. The number of carbonyl (C=O) groups is 1. The molecule has 0 aliphatic carbocycles. The molecule has 1 aromatic carbocycles. The highest BCUT2D eigenvalue weighted by Gasteiger charge is 2.13. The summed E-state index contributed by atoms with van der Waals surface area (Å²) in [4.78, 5) is 11.6. The third-order valence-corrected chi connectivity index (χ3v) is 3.17. The number of carbonyl (C=O) groups excluding carboxylic acids is 1. The highest BCUT2D eigenvalue weighted by atomic mass is 16.1. The van der Waals surface area contributed by atoms with Crippen LogP contribution in [0.2, 0.25) is 0 Å². The number of benzene rings is 1. The Balaban J connectivity index is 2.08. The van der Waals surface area contributed by atoms with Crippen molar-refractivity contribution in [3.05, 3.63) is 29.3 Å². The number of nitrogens with one attached hydrogen (secondary N) is 2. The first kappa shape index (κ1) is 12.0. The Morgan fingerprint density at radius 3 is 3.06 bits per heavy atom. The van der Waals surface area contributed by atoms with E-state index in [2.05, 4.69) is 22.8 Å². The molecule has 1 heterocycles. The van der Waals surface area contributed by atoms with E-state index in [-0.39, 0.29) is 11.8 Å². The molecule has 1 amide bonds. The van der Waals surface area contributed by atoms with Crippen molar-refractivity contribution in [3.63, 3.8) is 0 Å². The van der Waals surface area contributed by atoms with E-state index >= 15 is 0 Å². The van der Waals surface area contributed by atoms with Crippen LogP contribution >= 0.6 is 0 Å². The third-order valence-electron chi connectivity index (χ3n) is 3.17. The molecule has 0 aromatic heterocycles. The molecule has 0 atom stereocenters. The summed E-state index contributed by atoms with van der Waals surface area (Å²) in [5.41, 5.74) is 3.83. The van der Waals surface area contributed by atoms with Crippen molar-refractivity contribution in [2.24, 2.45) is 5.92 Å². The lowest BCUT2D eigenvalue weighted by Gasteiger charge is -2.21. The van der Waals surface area contributed by atoms with Gasteiger partial charge in [0.05, 0.1) is 0 Å². The molecule has 0 fully saturated rings. The van der Waals surface area contributed by atoms with Gasteiger partial charge in [0.25, 0.3) is 0 Å². The van der Waals surface area contributed by atoms with Gasteiger partial charge in [0.15, 0.2) is 0 Å². The van der Waals surface area contributed by atoms with Gasteiger partial charge in [-0.2, -0.15) is 0 Å². The van der Waals surface area contributed by atoms with Crippen LogP contribution in [0.3, 0.4) is 0 Å². The van der Waals surface area contributed by atoms with Gasteiger partial charge in [-0.1, -0.05) is 26.0 Å². The predicted molar refractivity (Wildman–Crippen MR) is 69.9 cm³/mol. The number of fused-ring (bicyclic) bond motifs is 1. The van der Waals surface area contributed by atoms with Gasteiger partial charge in [-0.05, 0) is 30.0 Å². The molecule has 0 saturated heterocycles. The zero-order valence-electron chi connectivity index (χ0n) is 10.5. The van der Waals surface area contributed by atoms with Gasteiger partial charge in [0.2, 0.25) is 5.91 Å². The molecule has 1 aromatic rings. The zero-order valence-corrected chi connectivity index (χ0v) is 10.5. The molecule has 92 valence electrons. The number of hydrogen-bond donors (Lipinski definition) is 2. The summed E-state index contributed by atoms with van der Waals surface area (Å²) < 4.78 is 0. The highest BCUT2D eigenvalue weighted by molar-refractivity contribution is 5.77. The van der Waals surface area contributed by atoms with E-state index in [0.29, 0.717) is 6.54 Å². The molecule has 3 heteroatoms. The molecule has 0 bridgehead atoms. The van der Waals surface area contributed by atoms with Crippen LogP contribution in [0.25, 0.3) is 0 Å². The first-order valence-corrected chi connectivity index (χ1v) is 6.31. The first-order chi connectivity index (χ1) is 8.18. The summed E-state index contributed by atoms with van der Waals surface area (Å²) in [5, 5.41) is 6.38. The Labute approximate surface area is 103 Å². The molecule has 1 aliphatic rings. The lowest BCUT2D eigenvalue weighted by Crippen LogP contribution is -2.28. The van der Waals surface area contributed by atoms with Gasteiger partial charge < -0.3 is 10.6 Å². The Morgan fingerprint density at radius 2 is 2.29 bits per heavy atom. The second kappa shape index (κ2) is 5.21. The number of amides is 1. The van der Waals surface area contributed by atoms with E-state index in [1.807, 2.05) is 19.9 Å². The predicted octanol–water partition coefficient (Wildman–Crippen LogP) is 2.32. The van der Waals surface area contributed by atoms with Crippen LogP contribution in [-0.2, 0) is 17.8 Å². The topological polar surface area (TPSA) is 41.1 Å². The molecular formula is C14H20N2O. The van der Waals surface area contributed by atoms with Gasteiger partial charge in [0, 0.05) is 24.7 Å². The van der Waals surface area contributed by atoms with Crippen LogP contribution in [0.5, 0.6) is 0 Å². The van der Waals surface area contributed by atoms with Gasteiger partial charge >= 0.3 is 0 Å². The Hall–Kier alpha value is -1.51. The maximum absolute atomic E-state index is 11.6.